The molecule has 0 aliphatic heterocycles. The second kappa shape index (κ2) is 6.10. The molecular weight excluding hydrogens is 298 g/mol. The summed E-state index contributed by atoms with van der Waals surface area (Å²) < 4.78 is 26.3. The van der Waals surface area contributed by atoms with Crippen molar-refractivity contribution >= 4 is 23.2 Å². The summed E-state index contributed by atoms with van der Waals surface area (Å²) in [5.74, 6) is -2.10. The Balaban J connectivity index is 2.21. The van der Waals surface area contributed by atoms with Gasteiger partial charge in [-0.3, -0.25) is 4.79 Å². The largest absolute Gasteiger partial charge is 0.399 e. The van der Waals surface area contributed by atoms with Gasteiger partial charge in [-0.25, -0.2) is 8.78 Å². The number of nitrogens with zero attached hydrogens (tertiary/aromatic N) is 1. The van der Waals surface area contributed by atoms with Gasteiger partial charge in [-0.1, -0.05) is 11.6 Å². The maximum Gasteiger partial charge on any atom is 0.254 e. The normalized spacial score (nSPS) is 10.5. The average Bonchev–Trinajstić information content (AvgIpc) is 2.41. The summed E-state index contributed by atoms with van der Waals surface area (Å²) in [7, 11) is 1.52. The van der Waals surface area contributed by atoms with E-state index in [2.05, 4.69) is 0 Å². The van der Waals surface area contributed by atoms with Crippen LogP contribution in [-0.4, -0.2) is 17.9 Å². The van der Waals surface area contributed by atoms with Crippen molar-refractivity contribution in [2.75, 3.05) is 12.8 Å². The molecule has 0 radical (unpaired) electrons. The Morgan fingerprint density at radius 3 is 2.43 bits per heavy atom. The highest BCUT2D eigenvalue weighted by molar-refractivity contribution is 6.31. The van der Waals surface area contributed by atoms with Crippen LogP contribution in [0.3, 0.4) is 0 Å². The maximum atomic E-state index is 13.1. The SMILES string of the molecule is CN(Cc1cc(N)ccc1Cl)C(=O)c1cc(F)cc(F)c1. The van der Waals surface area contributed by atoms with Crippen LogP contribution in [0.25, 0.3) is 0 Å². The molecule has 0 fully saturated rings. The lowest BCUT2D eigenvalue weighted by Crippen LogP contribution is -2.26. The Kier molecular flexibility index (Phi) is 4.43. The number of carbonyl (C=O) groups excluding carboxylic acids is 1. The second-order valence-electron chi connectivity index (χ2n) is 4.67. The van der Waals surface area contributed by atoms with E-state index >= 15 is 0 Å². The minimum Gasteiger partial charge on any atom is -0.399 e. The Labute approximate surface area is 125 Å². The zero-order valence-corrected chi connectivity index (χ0v) is 12.0. The zero-order chi connectivity index (χ0) is 15.6. The molecule has 2 rings (SSSR count). The van der Waals surface area contributed by atoms with Crippen molar-refractivity contribution in [1.29, 1.82) is 0 Å². The van der Waals surface area contributed by atoms with Gasteiger partial charge in [-0.05, 0) is 35.9 Å². The number of anilines is 1. The molecule has 21 heavy (non-hydrogen) atoms. The number of amides is 1. The van der Waals surface area contributed by atoms with Crippen LogP contribution in [-0.2, 0) is 6.54 Å². The van der Waals surface area contributed by atoms with E-state index < -0.39 is 17.5 Å². The van der Waals surface area contributed by atoms with Crippen molar-refractivity contribution in [3.05, 3.63) is 64.2 Å². The number of hydrogen-bond acceptors (Lipinski definition) is 2. The molecule has 0 unspecified atom stereocenters. The van der Waals surface area contributed by atoms with Gasteiger partial charge in [-0.2, -0.15) is 0 Å². The lowest BCUT2D eigenvalue weighted by atomic mass is 10.1. The molecule has 6 heteroatoms. The lowest BCUT2D eigenvalue weighted by Gasteiger charge is -2.18. The Morgan fingerprint density at radius 1 is 1.19 bits per heavy atom. The third-order valence-corrected chi connectivity index (χ3v) is 3.30. The first-order chi connectivity index (χ1) is 9.86. The third kappa shape index (κ3) is 3.70. The predicted molar refractivity (Wildman–Crippen MR) is 78.0 cm³/mol. The van der Waals surface area contributed by atoms with Gasteiger partial charge in [0.2, 0.25) is 0 Å². The number of benzene rings is 2. The summed E-state index contributed by atoms with van der Waals surface area (Å²) in [5, 5.41) is 0.467. The van der Waals surface area contributed by atoms with Crippen LogP contribution < -0.4 is 5.73 Å². The molecule has 2 aromatic rings. The molecule has 2 aromatic carbocycles. The molecule has 110 valence electrons. The van der Waals surface area contributed by atoms with Gasteiger partial charge in [0.15, 0.2) is 0 Å². The van der Waals surface area contributed by atoms with E-state index in [0.29, 0.717) is 22.3 Å². The number of nitrogens with two attached hydrogens (primary N) is 1. The molecular formula is C15H13ClF2N2O. The van der Waals surface area contributed by atoms with E-state index in [-0.39, 0.29) is 12.1 Å². The molecule has 0 atom stereocenters. The van der Waals surface area contributed by atoms with Crippen molar-refractivity contribution in [3.8, 4) is 0 Å². The molecule has 2 N–H and O–H groups in total. The number of halogens is 3. The van der Waals surface area contributed by atoms with Crippen LogP contribution in [0.2, 0.25) is 5.02 Å². The number of rotatable bonds is 3. The van der Waals surface area contributed by atoms with Gasteiger partial charge >= 0.3 is 0 Å². The molecule has 0 bridgehead atoms. The van der Waals surface area contributed by atoms with Gasteiger partial charge in [0.05, 0.1) is 0 Å². The van der Waals surface area contributed by atoms with Crippen LogP contribution in [0.1, 0.15) is 15.9 Å². The summed E-state index contributed by atoms with van der Waals surface area (Å²) in [6.45, 7) is 0.181. The summed E-state index contributed by atoms with van der Waals surface area (Å²) in [4.78, 5) is 13.5. The summed E-state index contributed by atoms with van der Waals surface area (Å²) in [5.41, 5.74) is 6.79. The second-order valence-corrected chi connectivity index (χ2v) is 5.08. The molecule has 0 aromatic heterocycles. The highest BCUT2D eigenvalue weighted by Gasteiger charge is 2.15. The summed E-state index contributed by atoms with van der Waals surface area (Å²) >= 11 is 6.03. The highest BCUT2D eigenvalue weighted by atomic mass is 35.5. The van der Waals surface area contributed by atoms with Gasteiger partial charge in [0.25, 0.3) is 5.91 Å². The summed E-state index contributed by atoms with van der Waals surface area (Å²) in [6.07, 6.45) is 0. The van der Waals surface area contributed by atoms with Crippen molar-refractivity contribution < 1.29 is 13.6 Å². The van der Waals surface area contributed by atoms with Crippen LogP contribution >= 0.6 is 11.6 Å². The van der Waals surface area contributed by atoms with Crippen molar-refractivity contribution in [2.45, 2.75) is 6.54 Å². The predicted octanol–water partition coefficient (Wildman–Crippen LogP) is 3.47. The molecule has 0 saturated heterocycles. The van der Waals surface area contributed by atoms with Crippen molar-refractivity contribution in [1.82, 2.24) is 4.90 Å². The van der Waals surface area contributed by atoms with Gasteiger partial charge in [0.1, 0.15) is 11.6 Å². The fraction of sp³-hybridized carbons (Fsp3) is 0.133. The number of hydrogen-bond donors (Lipinski definition) is 1. The number of nitrogen functional groups attached to an aromatic ring is 1. The standard InChI is InChI=1S/C15H13ClF2N2O/c1-20(8-10-6-13(19)2-3-14(10)16)15(21)9-4-11(17)7-12(18)5-9/h2-7H,8,19H2,1H3. The lowest BCUT2D eigenvalue weighted by molar-refractivity contribution is 0.0784. The smallest absolute Gasteiger partial charge is 0.254 e. The Morgan fingerprint density at radius 2 is 1.81 bits per heavy atom. The van der Waals surface area contributed by atoms with Crippen molar-refractivity contribution in [2.24, 2.45) is 0 Å². The molecule has 0 aliphatic carbocycles. The van der Waals surface area contributed by atoms with Crippen LogP contribution in [0.15, 0.2) is 36.4 Å². The first kappa shape index (κ1) is 15.3. The van der Waals surface area contributed by atoms with Gasteiger partial charge in [-0.15, -0.1) is 0 Å². The molecule has 3 nitrogen and oxygen atoms in total. The molecule has 0 saturated carbocycles. The van der Waals surface area contributed by atoms with Gasteiger partial charge in [0, 0.05) is 35.9 Å². The van der Waals surface area contributed by atoms with Crippen LogP contribution in [0.5, 0.6) is 0 Å². The van der Waals surface area contributed by atoms with E-state index in [1.54, 1.807) is 18.2 Å². The Bertz CT molecular complexity index is 671. The Hall–Kier alpha value is -2.14. The van der Waals surface area contributed by atoms with E-state index in [1.165, 1.54) is 11.9 Å². The first-order valence-electron chi connectivity index (χ1n) is 6.12. The molecule has 0 aliphatic rings. The average molecular weight is 311 g/mol. The fourth-order valence-electron chi connectivity index (χ4n) is 1.94. The minimum atomic E-state index is -0.797. The molecule has 1 amide bonds. The quantitative estimate of drug-likeness (QED) is 0.882. The van der Waals surface area contributed by atoms with Crippen molar-refractivity contribution in [3.63, 3.8) is 0 Å². The van der Waals surface area contributed by atoms with E-state index in [9.17, 15) is 13.6 Å². The minimum absolute atomic E-state index is 0.0602. The van der Waals surface area contributed by atoms with E-state index in [1.807, 2.05) is 0 Å². The van der Waals surface area contributed by atoms with E-state index in [4.69, 9.17) is 17.3 Å². The van der Waals surface area contributed by atoms with Gasteiger partial charge < -0.3 is 10.6 Å². The highest BCUT2D eigenvalue weighted by Crippen LogP contribution is 2.21. The zero-order valence-electron chi connectivity index (χ0n) is 11.2. The molecule has 0 spiro atoms. The maximum absolute atomic E-state index is 13.1. The third-order valence-electron chi connectivity index (χ3n) is 2.93. The summed E-state index contributed by atoms with van der Waals surface area (Å²) in [6, 6.07) is 7.62. The van der Waals surface area contributed by atoms with Crippen LogP contribution in [0.4, 0.5) is 14.5 Å². The topological polar surface area (TPSA) is 46.3 Å². The monoisotopic (exact) mass is 310 g/mol. The van der Waals surface area contributed by atoms with E-state index in [0.717, 1.165) is 12.1 Å². The number of carbonyl (C=O) groups is 1. The first-order valence-corrected chi connectivity index (χ1v) is 6.50. The fourth-order valence-corrected chi connectivity index (χ4v) is 2.12. The molecule has 0 heterocycles. The van der Waals surface area contributed by atoms with Crippen LogP contribution in [0, 0.1) is 11.6 Å².